The fourth-order valence-electron chi connectivity index (χ4n) is 2.96. The van der Waals surface area contributed by atoms with Gasteiger partial charge in [0.25, 0.3) is 0 Å². The monoisotopic (exact) mass is 325 g/mol. The molecule has 3 aromatic rings. The number of aromatic nitrogens is 2. The molecule has 2 aromatic carbocycles. The van der Waals surface area contributed by atoms with Gasteiger partial charge in [-0.05, 0) is 18.5 Å². The lowest BCUT2D eigenvalue weighted by atomic mass is 10.1. The van der Waals surface area contributed by atoms with Crippen molar-refractivity contribution < 1.29 is 9.47 Å². The molecule has 24 heavy (non-hydrogen) atoms. The van der Waals surface area contributed by atoms with E-state index in [4.69, 9.17) is 20.2 Å². The molecule has 0 bridgehead atoms. The lowest BCUT2D eigenvalue weighted by Crippen LogP contribution is -2.11. The van der Waals surface area contributed by atoms with Crippen molar-refractivity contribution in [1.29, 1.82) is 0 Å². The van der Waals surface area contributed by atoms with Crippen LogP contribution in [0.15, 0.2) is 42.5 Å². The lowest BCUT2D eigenvalue weighted by Gasteiger charge is -2.11. The van der Waals surface area contributed by atoms with Crippen LogP contribution >= 0.6 is 0 Å². The van der Waals surface area contributed by atoms with Gasteiger partial charge in [0.2, 0.25) is 0 Å². The van der Waals surface area contributed by atoms with Gasteiger partial charge in [-0.15, -0.1) is 0 Å². The minimum atomic E-state index is 0.572. The Morgan fingerprint density at radius 2 is 1.71 bits per heavy atom. The number of fused-ring (bicyclic) bond motifs is 1. The van der Waals surface area contributed by atoms with Gasteiger partial charge in [0, 0.05) is 25.1 Å². The van der Waals surface area contributed by atoms with E-state index in [0.717, 1.165) is 36.2 Å². The van der Waals surface area contributed by atoms with E-state index in [-0.39, 0.29) is 0 Å². The Labute approximate surface area is 142 Å². The summed E-state index contributed by atoms with van der Waals surface area (Å²) < 4.78 is 13.1. The highest BCUT2D eigenvalue weighted by molar-refractivity contribution is 5.80. The van der Waals surface area contributed by atoms with Gasteiger partial charge in [-0.2, -0.15) is 0 Å². The van der Waals surface area contributed by atoms with Crippen LogP contribution in [-0.2, 0) is 19.4 Å². The molecule has 1 heterocycles. The zero-order valence-electron chi connectivity index (χ0n) is 14.2. The van der Waals surface area contributed by atoms with E-state index in [1.165, 1.54) is 5.56 Å². The van der Waals surface area contributed by atoms with Crippen molar-refractivity contribution in [3.63, 3.8) is 0 Å². The summed E-state index contributed by atoms with van der Waals surface area (Å²) in [6.45, 7) is 1.42. The Morgan fingerprint density at radius 1 is 1.00 bits per heavy atom. The standard InChI is InChI=1S/C19H23N3O2/c1-23-17-12-15-16(13-18(17)24-2)22(19(21-15)8-10-20)11-9-14-6-4-3-5-7-14/h3-7,12-13H,8-11,20H2,1-2H3. The molecule has 0 radical (unpaired) electrons. The summed E-state index contributed by atoms with van der Waals surface area (Å²) in [6, 6.07) is 14.4. The molecule has 0 amide bonds. The molecular weight excluding hydrogens is 302 g/mol. The fraction of sp³-hybridized carbons (Fsp3) is 0.316. The van der Waals surface area contributed by atoms with Crippen LogP contribution in [0.1, 0.15) is 11.4 Å². The first-order chi connectivity index (χ1) is 11.8. The molecule has 0 spiro atoms. The van der Waals surface area contributed by atoms with Gasteiger partial charge >= 0.3 is 0 Å². The van der Waals surface area contributed by atoms with Crippen molar-refractivity contribution in [2.75, 3.05) is 20.8 Å². The number of rotatable bonds is 7. The number of hydrogen-bond acceptors (Lipinski definition) is 4. The molecule has 0 atom stereocenters. The first kappa shape index (κ1) is 16.3. The van der Waals surface area contributed by atoms with Crippen molar-refractivity contribution in [2.45, 2.75) is 19.4 Å². The zero-order valence-corrected chi connectivity index (χ0v) is 14.2. The Morgan fingerprint density at radius 3 is 2.38 bits per heavy atom. The van der Waals surface area contributed by atoms with E-state index in [1.54, 1.807) is 14.2 Å². The topological polar surface area (TPSA) is 62.3 Å². The summed E-state index contributed by atoms with van der Waals surface area (Å²) in [5.41, 5.74) is 9.03. The van der Waals surface area contributed by atoms with E-state index < -0.39 is 0 Å². The third-order valence-electron chi connectivity index (χ3n) is 4.17. The van der Waals surface area contributed by atoms with E-state index in [1.807, 2.05) is 18.2 Å². The van der Waals surface area contributed by atoms with Crippen LogP contribution in [0.3, 0.4) is 0 Å². The molecule has 126 valence electrons. The summed E-state index contributed by atoms with van der Waals surface area (Å²) >= 11 is 0. The second-order valence-electron chi connectivity index (χ2n) is 5.65. The van der Waals surface area contributed by atoms with Crippen LogP contribution < -0.4 is 15.2 Å². The highest BCUT2D eigenvalue weighted by atomic mass is 16.5. The number of aryl methyl sites for hydroxylation is 2. The summed E-state index contributed by atoms with van der Waals surface area (Å²) in [5.74, 6) is 2.40. The van der Waals surface area contributed by atoms with Crippen molar-refractivity contribution >= 4 is 11.0 Å². The van der Waals surface area contributed by atoms with Crippen LogP contribution in [-0.4, -0.2) is 30.3 Å². The van der Waals surface area contributed by atoms with Crippen LogP contribution in [0.25, 0.3) is 11.0 Å². The van der Waals surface area contributed by atoms with E-state index in [0.29, 0.717) is 18.0 Å². The molecule has 5 nitrogen and oxygen atoms in total. The Hall–Kier alpha value is -2.53. The van der Waals surface area contributed by atoms with Gasteiger partial charge in [-0.25, -0.2) is 4.98 Å². The van der Waals surface area contributed by atoms with Crippen molar-refractivity contribution in [3.05, 3.63) is 53.9 Å². The first-order valence-electron chi connectivity index (χ1n) is 8.12. The van der Waals surface area contributed by atoms with Gasteiger partial charge in [-0.1, -0.05) is 30.3 Å². The van der Waals surface area contributed by atoms with Gasteiger partial charge in [0.15, 0.2) is 11.5 Å². The summed E-state index contributed by atoms with van der Waals surface area (Å²) in [4.78, 5) is 4.75. The zero-order chi connectivity index (χ0) is 16.9. The van der Waals surface area contributed by atoms with Crippen LogP contribution in [0.5, 0.6) is 11.5 Å². The summed E-state index contributed by atoms with van der Waals surface area (Å²) in [5, 5.41) is 0. The molecule has 0 fully saturated rings. The number of hydrogen-bond donors (Lipinski definition) is 1. The minimum absolute atomic E-state index is 0.572. The van der Waals surface area contributed by atoms with Gasteiger partial charge in [-0.3, -0.25) is 0 Å². The summed E-state index contributed by atoms with van der Waals surface area (Å²) in [7, 11) is 3.28. The molecule has 0 saturated heterocycles. The van der Waals surface area contributed by atoms with Crippen molar-refractivity contribution in [1.82, 2.24) is 9.55 Å². The summed E-state index contributed by atoms with van der Waals surface area (Å²) in [6.07, 6.45) is 1.69. The maximum Gasteiger partial charge on any atom is 0.163 e. The van der Waals surface area contributed by atoms with E-state index in [2.05, 4.69) is 28.8 Å². The third kappa shape index (κ3) is 3.21. The number of ether oxygens (including phenoxy) is 2. The molecule has 0 aliphatic carbocycles. The molecule has 0 saturated carbocycles. The minimum Gasteiger partial charge on any atom is -0.493 e. The second-order valence-corrected chi connectivity index (χ2v) is 5.65. The van der Waals surface area contributed by atoms with Crippen molar-refractivity contribution in [2.24, 2.45) is 5.73 Å². The maximum absolute atomic E-state index is 5.77. The fourth-order valence-corrected chi connectivity index (χ4v) is 2.96. The van der Waals surface area contributed by atoms with Crippen LogP contribution in [0.2, 0.25) is 0 Å². The predicted octanol–water partition coefficient (Wildman–Crippen LogP) is 2.80. The number of imidazole rings is 1. The number of nitrogens with two attached hydrogens (primary N) is 1. The molecule has 2 N–H and O–H groups in total. The van der Waals surface area contributed by atoms with Crippen LogP contribution in [0.4, 0.5) is 0 Å². The SMILES string of the molecule is COc1cc2nc(CCN)n(CCc3ccccc3)c2cc1OC. The van der Waals surface area contributed by atoms with E-state index >= 15 is 0 Å². The third-order valence-corrected chi connectivity index (χ3v) is 4.17. The number of methoxy groups -OCH3 is 2. The lowest BCUT2D eigenvalue weighted by molar-refractivity contribution is 0.355. The average molecular weight is 325 g/mol. The first-order valence-corrected chi connectivity index (χ1v) is 8.12. The maximum atomic E-state index is 5.77. The predicted molar refractivity (Wildman–Crippen MR) is 95.7 cm³/mol. The molecular formula is C19H23N3O2. The van der Waals surface area contributed by atoms with Crippen LogP contribution in [0, 0.1) is 0 Å². The average Bonchev–Trinajstić information content (AvgIpc) is 2.96. The van der Waals surface area contributed by atoms with Crippen molar-refractivity contribution in [3.8, 4) is 11.5 Å². The Balaban J connectivity index is 2.01. The van der Waals surface area contributed by atoms with Gasteiger partial charge < -0.3 is 19.8 Å². The van der Waals surface area contributed by atoms with Gasteiger partial charge in [0.1, 0.15) is 5.82 Å². The smallest absolute Gasteiger partial charge is 0.163 e. The largest absolute Gasteiger partial charge is 0.493 e. The number of benzene rings is 2. The molecule has 0 aliphatic heterocycles. The van der Waals surface area contributed by atoms with E-state index in [9.17, 15) is 0 Å². The molecule has 1 aromatic heterocycles. The quantitative estimate of drug-likeness (QED) is 0.725. The highest BCUT2D eigenvalue weighted by Crippen LogP contribution is 2.32. The number of nitrogens with zero attached hydrogens (tertiary/aromatic N) is 2. The Kier molecular flexibility index (Phi) is 5.01. The second kappa shape index (κ2) is 7.36. The highest BCUT2D eigenvalue weighted by Gasteiger charge is 2.14. The molecule has 3 rings (SSSR count). The molecule has 0 unspecified atom stereocenters. The normalized spacial score (nSPS) is 11.0. The Bertz CT molecular complexity index is 812. The molecule has 5 heteroatoms. The molecule has 0 aliphatic rings. The van der Waals surface area contributed by atoms with Gasteiger partial charge in [0.05, 0.1) is 25.3 Å².